The number of rotatable bonds is 6. The summed E-state index contributed by atoms with van der Waals surface area (Å²) in [6.07, 6.45) is -0.0666. The lowest BCUT2D eigenvalue weighted by Crippen LogP contribution is -2.54. The van der Waals surface area contributed by atoms with Crippen LogP contribution in [0.1, 0.15) is 12.8 Å². The van der Waals surface area contributed by atoms with Crippen molar-refractivity contribution in [2.75, 3.05) is 19.2 Å². The molecule has 0 saturated heterocycles. The molecule has 1 atom stereocenters. The van der Waals surface area contributed by atoms with Crippen molar-refractivity contribution in [1.82, 2.24) is 0 Å². The lowest BCUT2D eigenvalue weighted by Gasteiger charge is -2.31. The van der Waals surface area contributed by atoms with Gasteiger partial charge >= 0.3 is 11.2 Å². The van der Waals surface area contributed by atoms with Gasteiger partial charge in [-0.3, -0.25) is 4.79 Å². The summed E-state index contributed by atoms with van der Waals surface area (Å²) >= 11 is 7.86. The zero-order chi connectivity index (χ0) is 13.9. The van der Waals surface area contributed by atoms with E-state index < -0.39 is 31.8 Å². The standard InChI is InChI=1S/C8H12BrClF2O4S/c1-16-6(13)7(9,4-3-5-10)8(11,12)17(2,14)15/h3-5H2,1-2H3. The fraction of sp³-hybridized carbons (Fsp3) is 0.875. The fourth-order valence-corrected chi connectivity index (χ4v) is 3.36. The molecule has 0 aromatic carbocycles. The molecule has 0 aliphatic heterocycles. The minimum absolute atomic E-state index is 0.0180. The number of methoxy groups -OCH3 is 1. The Bertz CT molecular complexity index is 387. The number of esters is 1. The van der Waals surface area contributed by atoms with Crippen molar-refractivity contribution < 1.29 is 26.7 Å². The number of alkyl halides is 4. The fourth-order valence-electron chi connectivity index (χ4n) is 1.13. The van der Waals surface area contributed by atoms with E-state index in [2.05, 4.69) is 20.7 Å². The van der Waals surface area contributed by atoms with Gasteiger partial charge in [0.25, 0.3) is 0 Å². The molecule has 0 heterocycles. The van der Waals surface area contributed by atoms with E-state index in [4.69, 9.17) is 11.6 Å². The van der Waals surface area contributed by atoms with Crippen LogP contribution in [0.5, 0.6) is 0 Å². The topological polar surface area (TPSA) is 60.4 Å². The van der Waals surface area contributed by atoms with Crippen LogP contribution in [-0.4, -0.2) is 43.2 Å². The number of carbonyl (C=O) groups is 1. The molecular weight excluding hydrogens is 346 g/mol. The van der Waals surface area contributed by atoms with Crippen LogP contribution in [0.25, 0.3) is 0 Å². The molecule has 0 N–H and O–H groups in total. The first-order valence-corrected chi connectivity index (χ1v) is 7.67. The molecule has 0 aliphatic carbocycles. The van der Waals surface area contributed by atoms with Gasteiger partial charge in [0.2, 0.25) is 14.2 Å². The Hall–Kier alpha value is 0.0500. The van der Waals surface area contributed by atoms with Gasteiger partial charge in [-0.1, -0.05) is 15.9 Å². The average molecular weight is 358 g/mol. The molecule has 4 nitrogen and oxygen atoms in total. The van der Waals surface area contributed by atoms with Crippen LogP contribution in [0.15, 0.2) is 0 Å². The summed E-state index contributed by atoms with van der Waals surface area (Å²) in [5.74, 6) is -1.33. The van der Waals surface area contributed by atoms with Crippen molar-refractivity contribution in [3.8, 4) is 0 Å². The summed E-state index contributed by atoms with van der Waals surface area (Å²) in [6.45, 7) is 0. The third-order valence-electron chi connectivity index (χ3n) is 2.09. The molecule has 0 aromatic heterocycles. The average Bonchev–Trinajstić information content (AvgIpc) is 2.22. The molecule has 0 radical (unpaired) electrons. The summed E-state index contributed by atoms with van der Waals surface area (Å²) in [5.41, 5.74) is 0. The minimum atomic E-state index is -4.77. The first kappa shape index (κ1) is 17.1. The van der Waals surface area contributed by atoms with E-state index in [0.29, 0.717) is 6.26 Å². The van der Waals surface area contributed by atoms with E-state index in [1.807, 2.05) is 0 Å². The summed E-state index contributed by atoms with van der Waals surface area (Å²) in [6, 6.07) is 0. The van der Waals surface area contributed by atoms with Crippen molar-refractivity contribution in [3.05, 3.63) is 0 Å². The van der Waals surface area contributed by atoms with Crippen LogP contribution in [0, 0.1) is 0 Å². The maximum Gasteiger partial charge on any atom is 0.370 e. The van der Waals surface area contributed by atoms with E-state index in [9.17, 15) is 22.0 Å². The summed E-state index contributed by atoms with van der Waals surface area (Å²) < 4.78 is 51.3. The highest BCUT2D eigenvalue weighted by Gasteiger charge is 2.64. The molecule has 0 aliphatic rings. The van der Waals surface area contributed by atoms with Gasteiger partial charge in [0.1, 0.15) is 0 Å². The van der Waals surface area contributed by atoms with Gasteiger partial charge in [-0.05, 0) is 12.8 Å². The van der Waals surface area contributed by atoms with E-state index in [0.717, 1.165) is 7.11 Å². The normalized spacial score (nSPS) is 16.4. The van der Waals surface area contributed by atoms with Crippen molar-refractivity contribution >= 4 is 43.3 Å². The number of sulfone groups is 1. The van der Waals surface area contributed by atoms with E-state index in [-0.39, 0.29) is 12.3 Å². The Balaban J connectivity index is 5.54. The van der Waals surface area contributed by atoms with E-state index >= 15 is 0 Å². The highest BCUT2D eigenvalue weighted by Crippen LogP contribution is 2.44. The maximum absolute atomic E-state index is 13.8. The first-order valence-electron chi connectivity index (χ1n) is 4.45. The van der Waals surface area contributed by atoms with Crippen LogP contribution in [0.3, 0.4) is 0 Å². The van der Waals surface area contributed by atoms with Crippen molar-refractivity contribution in [2.24, 2.45) is 0 Å². The lowest BCUT2D eigenvalue weighted by molar-refractivity contribution is -0.149. The Morgan fingerprint density at radius 1 is 1.47 bits per heavy atom. The second-order valence-electron chi connectivity index (χ2n) is 3.37. The Kier molecular flexibility index (Phi) is 5.81. The molecule has 9 heteroatoms. The summed E-state index contributed by atoms with van der Waals surface area (Å²) in [7, 11) is -3.87. The van der Waals surface area contributed by atoms with Crippen molar-refractivity contribution in [1.29, 1.82) is 0 Å². The largest absolute Gasteiger partial charge is 0.468 e. The zero-order valence-corrected chi connectivity index (χ0v) is 12.3. The predicted molar refractivity (Wildman–Crippen MR) is 63.4 cm³/mol. The van der Waals surface area contributed by atoms with Gasteiger partial charge in [0.05, 0.1) is 7.11 Å². The second kappa shape index (κ2) is 5.79. The SMILES string of the molecule is COC(=O)C(Br)(CCCCl)C(F)(F)S(C)(=O)=O. The number of halogens is 4. The maximum atomic E-state index is 13.8. The number of ether oxygens (including phenoxy) is 1. The Morgan fingerprint density at radius 3 is 2.24 bits per heavy atom. The summed E-state index contributed by atoms with van der Waals surface area (Å²) in [5, 5.41) is -4.28. The van der Waals surface area contributed by atoms with E-state index in [1.54, 1.807) is 0 Å². The van der Waals surface area contributed by atoms with Gasteiger partial charge in [-0.2, -0.15) is 8.78 Å². The van der Waals surface area contributed by atoms with Crippen LogP contribution in [0.4, 0.5) is 8.78 Å². The third kappa shape index (κ3) is 3.29. The monoisotopic (exact) mass is 356 g/mol. The van der Waals surface area contributed by atoms with Crippen LogP contribution >= 0.6 is 27.5 Å². The molecule has 0 amide bonds. The molecule has 17 heavy (non-hydrogen) atoms. The molecule has 0 aromatic rings. The minimum Gasteiger partial charge on any atom is -0.468 e. The van der Waals surface area contributed by atoms with Crippen molar-refractivity contribution in [2.45, 2.75) is 22.4 Å². The number of carbonyl (C=O) groups excluding carboxylic acids is 1. The molecule has 102 valence electrons. The predicted octanol–water partition coefficient (Wildman–Crippen LogP) is 1.95. The van der Waals surface area contributed by atoms with Crippen LogP contribution in [0.2, 0.25) is 0 Å². The highest BCUT2D eigenvalue weighted by atomic mass is 79.9. The van der Waals surface area contributed by atoms with Crippen LogP contribution in [-0.2, 0) is 19.4 Å². The summed E-state index contributed by atoms with van der Waals surface area (Å²) in [4.78, 5) is 11.4. The lowest BCUT2D eigenvalue weighted by atomic mass is 10.0. The quantitative estimate of drug-likeness (QED) is 0.538. The molecule has 0 fully saturated rings. The van der Waals surface area contributed by atoms with Crippen molar-refractivity contribution in [3.63, 3.8) is 0 Å². The third-order valence-corrected chi connectivity index (χ3v) is 5.12. The Labute approximate surface area is 112 Å². The van der Waals surface area contributed by atoms with Gasteiger partial charge in [0.15, 0.2) is 0 Å². The Morgan fingerprint density at radius 2 is 1.94 bits per heavy atom. The number of hydrogen-bond donors (Lipinski definition) is 0. The molecule has 0 spiro atoms. The molecule has 0 saturated carbocycles. The molecule has 1 unspecified atom stereocenters. The molecule has 0 rings (SSSR count). The molecular formula is C8H12BrClF2O4S. The first-order chi connectivity index (χ1) is 7.54. The highest BCUT2D eigenvalue weighted by molar-refractivity contribution is 9.10. The van der Waals surface area contributed by atoms with Gasteiger partial charge < -0.3 is 4.74 Å². The smallest absolute Gasteiger partial charge is 0.370 e. The van der Waals surface area contributed by atoms with Gasteiger partial charge in [-0.25, -0.2) is 8.42 Å². The van der Waals surface area contributed by atoms with E-state index in [1.165, 1.54) is 0 Å². The van der Waals surface area contributed by atoms with Crippen LogP contribution < -0.4 is 0 Å². The second-order valence-corrected chi connectivity index (χ2v) is 7.16. The molecule has 0 bridgehead atoms. The van der Waals surface area contributed by atoms with Gasteiger partial charge in [0, 0.05) is 12.1 Å². The van der Waals surface area contributed by atoms with Gasteiger partial charge in [-0.15, -0.1) is 11.6 Å². The zero-order valence-electron chi connectivity index (χ0n) is 9.17. The number of hydrogen-bond acceptors (Lipinski definition) is 4.